The Balaban J connectivity index is 2.10. The fourth-order valence-electron chi connectivity index (χ4n) is 2.14. The Kier molecular flexibility index (Phi) is 7.04. The highest BCUT2D eigenvalue weighted by atomic mass is 19.3. The molecule has 2 aromatic rings. The lowest BCUT2D eigenvalue weighted by Gasteiger charge is -2.32. The van der Waals surface area contributed by atoms with Crippen molar-refractivity contribution in [2.24, 2.45) is 5.73 Å². The van der Waals surface area contributed by atoms with E-state index in [2.05, 4.69) is 39.0 Å². The van der Waals surface area contributed by atoms with E-state index < -0.39 is 29.8 Å². The van der Waals surface area contributed by atoms with Crippen LogP contribution in [0.3, 0.4) is 0 Å². The smallest absolute Gasteiger partial charge is 0.268 e. The van der Waals surface area contributed by atoms with E-state index in [9.17, 15) is 18.4 Å². The molecule has 2 rings (SSSR count). The molecule has 2 amide bonds. The lowest BCUT2D eigenvalue weighted by atomic mass is 9.92. The summed E-state index contributed by atoms with van der Waals surface area (Å²) in [6, 6.07) is 3.97. The van der Waals surface area contributed by atoms with E-state index in [1.54, 1.807) is 6.20 Å². The predicted octanol–water partition coefficient (Wildman–Crippen LogP) is 0.399. The maximum Gasteiger partial charge on any atom is 0.268 e. The van der Waals surface area contributed by atoms with E-state index in [0.29, 0.717) is 11.3 Å². The number of hydrogen-bond donors (Lipinski definition) is 5. The van der Waals surface area contributed by atoms with Gasteiger partial charge in [-0.1, -0.05) is 5.92 Å². The van der Waals surface area contributed by atoms with Crippen molar-refractivity contribution < 1.29 is 23.6 Å². The topological polar surface area (TPSA) is 133 Å². The molecule has 0 radical (unpaired) electrons. The molecule has 0 fully saturated rings. The van der Waals surface area contributed by atoms with Gasteiger partial charge < -0.3 is 16.0 Å². The summed E-state index contributed by atoms with van der Waals surface area (Å²) >= 11 is 0. The molecular formula is C19H17F2N5O3. The first-order valence-corrected chi connectivity index (χ1v) is 8.18. The third-order valence-corrected chi connectivity index (χ3v) is 3.85. The minimum Gasteiger partial charge on any atom is -0.350 e. The summed E-state index contributed by atoms with van der Waals surface area (Å²) in [6.45, 7) is 0.889. The molecule has 0 saturated carbocycles. The quantitative estimate of drug-likeness (QED) is 0.281. The van der Waals surface area contributed by atoms with Crippen LogP contribution in [0, 0.1) is 23.7 Å². The van der Waals surface area contributed by atoms with Crippen molar-refractivity contribution in [3.05, 3.63) is 53.6 Å². The molecule has 6 N–H and O–H groups in total. The molecule has 2 atom stereocenters. The number of nitrogens with two attached hydrogens (primary N) is 1. The van der Waals surface area contributed by atoms with Crippen LogP contribution in [0.15, 0.2) is 36.8 Å². The van der Waals surface area contributed by atoms with Gasteiger partial charge in [0.15, 0.2) is 0 Å². The van der Waals surface area contributed by atoms with E-state index >= 15 is 0 Å². The number of hydroxylamine groups is 1. The van der Waals surface area contributed by atoms with Crippen LogP contribution in [-0.2, 0) is 4.79 Å². The minimum atomic E-state index is -3.13. The summed E-state index contributed by atoms with van der Waals surface area (Å²) in [5.74, 6) is 8.66. The molecule has 10 heteroatoms. The third kappa shape index (κ3) is 5.62. The Labute approximate surface area is 164 Å². The van der Waals surface area contributed by atoms with Crippen molar-refractivity contribution in [3.8, 4) is 23.7 Å². The second-order valence-electron chi connectivity index (χ2n) is 6.08. The first-order chi connectivity index (χ1) is 13.8. The lowest BCUT2D eigenvalue weighted by molar-refractivity contribution is -0.134. The number of alkyl halides is 2. The van der Waals surface area contributed by atoms with E-state index in [1.807, 2.05) is 0 Å². The molecule has 0 bridgehead atoms. The first-order valence-electron chi connectivity index (χ1n) is 8.18. The number of benzene rings is 1. The third-order valence-electron chi connectivity index (χ3n) is 3.85. The molecule has 2 unspecified atom stereocenters. The monoisotopic (exact) mass is 401 g/mol. The van der Waals surface area contributed by atoms with Gasteiger partial charge in [-0.2, -0.15) is 0 Å². The molecule has 0 aliphatic heterocycles. The number of nitrogens with zero attached hydrogens (tertiary/aromatic N) is 1. The van der Waals surface area contributed by atoms with Crippen molar-refractivity contribution >= 4 is 11.8 Å². The minimum absolute atomic E-state index is 0.0824. The van der Waals surface area contributed by atoms with Gasteiger partial charge in [0.1, 0.15) is 17.3 Å². The molecule has 0 aliphatic rings. The van der Waals surface area contributed by atoms with E-state index in [1.165, 1.54) is 36.1 Å². The van der Waals surface area contributed by atoms with Crippen molar-refractivity contribution in [2.75, 3.05) is 0 Å². The molecule has 1 heterocycles. The van der Waals surface area contributed by atoms with Gasteiger partial charge in [0, 0.05) is 17.3 Å². The summed E-state index contributed by atoms with van der Waals surface area (Å²) in [4.78, 5) is 30.7. The molecular weight excluding hydrogens is 384 g/mol. The number of imidazole rings is 1. The number of nitrogens with one attached hydrogen (secondary N) is 3. The highest BCUT2D eigenvalue weighted by molar-refractivity contribution is 5.98. The standard InChI is InChI=1S/C19H17F2N5O3/c1-19(22,18(20)21)15(17(28)26-29)25-16(27)13-8-6-12(7-9-13)4-2-3-5-14-10-23-11-24-14/h6-11,15,18,29H,22H2,1H3,(H,23,24)(H,25,27)(H,26,28). The highest BCUT2D eigenvalue weighted by Gasteiger charge is 2.44. The molecule has 1 aromatic heterocycles. The number of amides is 2. The lowest BCUT2D eigenvalue weighted by Crippen LogP contribution is -2.66. The molecule has 8 nitrogen and oxygen atoms in total. The summed E-state index contributed by atoms with van der Waals surface area (Å²) < 4.78 is 26.3. The second-order valence-corrected chi connectivity index (χ2v) is 6.08. The average molecular weight is 401 g/mol. The number of aromatic amines is 1. The average Bonchev–Trinajstić information content (AvgIpc) is 3.22. The van der Waals surface area contributed by atoms with E-state index in [4.69, 9.17) is 10.9 Å². The van der Waals surface area contributed by atoms with Crippen LogP contribution in [0.1, 0.15) is 28.5 Å². The molecule has 0 spiro atoms. The Bertz CT molecular complexity index is 981. The van der Waals surface area contributed by atoms with Crippen LogP contribution in [0.2, 0.25) is 0 Å². The zero-order valence-corrected chi connectivity index (χ0v) is 15.2. The summed E-state index contributed by atoms with van der Waals surface area (Å²) in [6.07, 6.45) is -0.0255. The predicted molar refractivity (Wildman–Crippen MR) is 98.6 cm³/mol. The summed E-state index contributed by atoms with van der Waals surface area (Å²) in [5, 5.41) is 10.9. The van der Waals surface area contributed by atoms with Gasteiger partial charge in [-0.3, -0.25) is 14.8 Å². The maximum atomic E-state index is 13.1. The summed E-state index contributed by atoms with van der Waals surface area (Å²) in [5.41, 5.74) is 5.47. The van der Waals surface area contributed by atoms with Gasteiger partial charge >= 0.3 is 0 Å². The van der Waals surface area contributed by atoms with Gasteiger partial charge in [0.25, 0.3) is 18.2 Å². The van der Waals surface area contributed by atoms with Crippen molar-refractivity contribution in [3.63, 3.8) is 0 Å². The Hall–Kier alpha value is -3.73. The zero-order valence-electron chi connectivity index (χ0n) is 15.2. The molecule has 0 aliphatic carbocycles. The number of carbonyl (C=O) groups is 2. The van der Waals surface area contributed by atoms with Crippen LogP contribution in [0.5, 0.6) is 0 Å². The maximum absolute atomic E-state index is 13.1. The normalized spacial score (nSPS) is 13.2. The largest absolute Gasteiger partial charge is 0.350 e. The molecule has 1 aromatic carbocycles. The van der Waals surface area contributed by atoms with Crippen LogP contribution in [0.4, 0.5) is 8.78 Å². The van der Waals surface area contributed by atoms with Crippen LogP contribution in [-0.4, -0.2) is 45.0 Å². The molecule has 0 saturated heterocycles. The number of carbonyl (C=O) groups excluding carboxylic acids is 2. The SMILES string of the molecule is CC(N)(C(F)F)C(NC(=O)c1ccc(C#CC#Cc2c[nH]cn2)cc1)C(=O)NO. The number of H-pyrrole nitrogens is 1. The van der Waals surface area contributed by atoms with Gasteiger partial charge in [0.05, 0.1) is 6.33 Å². The Morgan fingerprint density at radius 2 is 1.90 bits per heavy atom. The van der Waals surface area contributed by atoms with Crippen molar-refractivity contribution in [1.29, 1.82) is 0 Å². The number of aromatic nitrogens is 2. The van der Waals surface area contributed by atoms with Gasteiger partial charge in [0.2, 0.25) is 0 Å². The van der Waals surface area contributed by atoms with E-state index in [0.717, 1.165) is 6.92 Å². The van der Waals surface area contributed by atoms with Gasteiger partial charge in [-0.15, -0.1) is 0 Å². The Morgan fingerprint density at radius 1 is 1.24 bits per heavy atom. The summed E-state index contributed by atoms with van der Waals surface area (Å²) in [7, 11) is 0. The van der Waals surface area contributed by atoms with Gasteiger partial charge in [-0.25, -0.2) is 19.2 Å². The number of halogens is 2. The van der Waals surface area contributed by atoms with Crippen LogP contribution >= 0.6 is 0 Å². The first kappa shape index (κ1) is 21.6. The van der Waals surface area contributed by atoms with Crippen LogP contribution in [0.25, 0.3) is 0 Å². The van der Waals surface area contributed by atoms with Crippen LogP contribution < -0.4 is 16.5 Å². The molecule has 29 heavy (non-hydrogen) atoms. The fraction of sp³-hybridized carbons (Fsp3) is 0.211. The second kappa shape index (κ2) is 9.46. The fourth-order valence-corrected chi connectivity index (χ4v) is 2.14. The van der Waals surface area contributed by atoms with Crippen molar-refractivity contribution in [2.45, 2.75) is 24.9 Å². The molecule has 150 valence electrons. The number of rotatable bonds is 5. The zero-order chi connectivity index (χ0) is 21.4. The van der Waals surface area contributed by atoms with E-state index in [-0.39, 0.29) is 5.56 Å². The van der Waals surface area contributed by atoms with Gasteiger partial charge in [-0.05, 0) is 49.0 Å². The highest BCUT2D eigenvalue weighted by Crippen LogP contribution is 2.18. The number of hydrogen-bond acceptors (Lipinski definition) is 5. The van der Waals surface area contributed by atoms with Crippen molar-refractivity contribution in [1.82, 2.24) is 20.8 Å². The Morgan fingerprint density at radius 3 is 2.45 bits per heavy atom.